The number of rotatable bonds is 0. The van der Waals surface area contributed by atoms with Gasteiger partial charge in [-0.1, -0.05) is 13.0 Å². The molecule has 115 valence electrons. The van der Waals surface area contributed by atoms with Crippen molar-refractivity contribution in [2.75, 3.05) is 42.3 Å². The Morgan fingerprint density at radius 3 is 0.632 bits per heavy atom. The molecule has 0 heterocycles. The van der Waals surface area contributed by atoms with Crippen molar-refractivity contribution in [3.63, 3.8) is 0 Å². The molecule has 0 aromatic heterocycles. The number of hydrogen-bond donors (Lipinski definition) is 0. The largest absolute Gasteiger partial charge is 3.00 e. The van der Waals surface area contributed by atoms with Gasteiger partial charge in [0.05, 0.1) is 0 Å². The third kappa shape index (κ3) is 32.4. The van der Waals surface area contributed by atoms with Crippen molar-refractivity contribution < 1.29 is 16.5 Å². The Hall–Kier alpha value is 0.824. The Kier molecular flexibility index (Phi) is 24.9. The topological polar surface area (TPSA) is 9.72 Å². The first-order valence-electron chi connectivity index (χ1n) is 4.58. The zero-order valence-corrected chi connectivity index (χ0v) is 17.5. The summed E-state index contributed by atoms with van der Waals surface area (Å²) in [6, 6.07) is 0. The molecule has 1 radical (unpaired) electrons. The Balaban J connectivity index is -0.0000000865. The fraction of sp³-hybridized carbons (Fsp3) is 0.667. The van der Waals surface area contributed by atoms with Crippen LogP contribution < -0.4 is 0 Å². The summed E-state index contributed by atoms with van der Waals surface area (Å²) in [6.45, 7) is 0. The first kappa shape index (κ1) is 28.1. The summed E-state index contributed by atoms with van der Waals surface area (Å²) in [5, 5.41) is 0. The minimum absolute atomic E-state index is 0. The molecular formula is C9H18N3NiS6. The monoisotopic (exact) mass is 418 g/mol. The number of nitrogens with zero attached hydrogens (tertiary/aromatic N) is 3. The van der Waals surface area contributed by atoms with Crippen molar-refractivity contribution in [1.29, 1.82) is 0 Å². The fourth-order valence-electron chi connectivity index (χ4n) is 0. The summed E-state index contributed by atoms with van der Waals surface area (Å²) in [6.07, 6.45) is 0. The minimum Gasteiger partial charge on any atom is -0.411 e. The van der Waals surface area contributed by atoms with Crippen LogP contribution in [-0.2, 0) is 54.4 Å². The van der Waals surface area contributed by atoms with E-state index < -0.39 is 0 Å². The molecule has 0 N–H and O–H groups in total. The third-order valence-electron chi connectivity index (χ3n) is 1.10. The maximum absolute atomic E-state index is 4.56. The molecule has 0 aliphatic rings. The van der Waals surface area contributed by atoms with Crippen LogP contribution in [0.1, 0.15) is 0 Å². The molecule has 0 aromatic rings. The van der Waals surface area contributed by atoms with Gasteiger partial charge in [0.2, 0.25) is 0 Å². The molecule has 0 fully saturated rings. The molecule has 0 amide bonds. The van der Waals surface area contributed by atoms with Crippen molar-refractivity contribution in [3.05, 3.63) is 0 Å². The van der Waals surface area contributed by atoms with Crippen LogP contribution in [0.4, 0.5) is 0 Å². The zero-order chi connectivity index (χ0) is 15.5. The average molecular weight is 419 g/mol. The van der Waals surface area contributed by atoms with Gasteiger partial charge < -0.3 is 89.2 Å². The molecule has 0 aliphatic carbocycles. The van der Waals surface area contributed by atoms with Crippen molar-refractivity contribution in [2.24, 2.45) is 0 Å². The SMILES string of the molecule is CN(C)C(=S)[S-].CN(C)C(=S)[S-].CN(C)C(=S)[S-].[Ni+3]. The van der Waals surface area contributed by atoms with Gasteiger partial charge in [0.15, 0.2) is 0 Å². The normalized spacial score (nSPS) is 7.26. The van der Waals surface area contributed by atoms with E-state index in [-0.39, 0.29) is 16.5 Å². The van der Waals surface area contributed by atoms with Gasteiger partial charge in [-0.25, -0.2) is 0 Å². The van der Waals surface area contributed by atoms with Crippen LogP contribution in [0.5, 0.6) is 0 Å². The first-order valence-corrected chi connectivity index (χ1v) is 7.03. The van der Waals surface area contributed by atoms with Crippen LogP contribution in [-0.4, -0.2) is 69.9 Å². The van der Waals surface area contributed by atoms with Gasteiger partial charge in [-0.15, -0.1) is 0 Å². The van der Waals surface area contributed by atoms with Crippen LogP contribution in [0.15, 0.2) is 0 Å². The van der Waals surface area contributed by atoms with Crippen LogP contribution in [0.2, 0.25) is 0 Å². The van der Waals surface area contributed by atoms with Gasteiger partial charge in [0, 0.05) is 42.3 Å². The molecule has 10 heteroatoms. The Bertz CT molecular complexity index is 228. The van der Waals surface area contributed by atoms with Crippen molar-refractivity contribution in [1.82, 2.24) is 14.7 Å². The quantitative estimate of drug-likeness (QED) is 0.322. The van der Waals surface area contributed by atoms with Crippen LogP contribution >= 0.6 is 36.7 Å². The van der Waals surface area contributed by atoms with Crippen LogP contribution in [0, 0.1) is 0 Å². The van der Waals surface area contributed by atoms with E-state index in [1.54, 1.807) is 14.7 Å². The predicted molar refractivity (Wildman–Crippen MR) is 101 cm³/mol. The second kappa shape index (κ2) is 16.9. The van der Waals surface area contributed by atoms with Gasteiger partial charge >= 0.3 is 16.5 Å². The molecule has 19 heavy (non-hydrogen) atoms. The van der Waals surface area contributed by atoms with E-state index in [0.29, 0.717) is 13.0 Å². The predicted octanol–water partition coefficient (Wildman–Crippen LogP) is 1.14. The van der Waals surface area contributed by atoms with Gasteiger partial charge in [-0.05, 0) is 0 Å². The molecule has 0 aromatic carbocycles. The van der Waals surface area contributed by atoms with Gasteiger partial charge in [-0.3, -0.25) is 0 Å². The molecule has 0 bridgehead atoms. The van der Waals surface area contributed by atoms with Crippen LogP contribution in [0.25, 0.3) is 0 Å². The van der Waals surface area contributed by atoms with E-state index in [1.165, 1.54) is 0 Å². The average Bonchev–Trinajstić information content (AvgIpc) is 2.18. The summed E-state index contributed by atoms with van der Waals surface area (Å²) in [5.41, 5.74) is 0. The number of thiocarbonyl (C=S) groups is 3. The molecule has 0 saturated heterocycles. The van der Waals surface area contributed by atoms with E-state index >= 15 is 0 Å². The van der Waals surface area contributed by atoms with Gasteiger partial charge in [0.25, 0.3) is 0 Å². The molecule has 0 unspecified atom stereocenters. The Labute approximate surface area is 160 Å². The van der Waals surface area contributed by atoms with Crippen molar-refractivity contribution in [3.8, 4) is 0 Å². The second-order valence-corrected chi connectivity index (χ2v) is 6.58. The summed E-state index contributed by atoms with van der Waals surface area (Å²) in [4.78, 5) is 5.14. The summed E-state index contributed by atoms with van der Waals surface area (Å²) < 4.78 is 1.53. The molecular weight excluding hydrogens is 401 g/mol. The van der Waals surface area contributed by atoms with Gasteiger partial charge in [-0.2, -0.15) is 0 Å². The molecule has 0 saturated carbocycles. The Morgan fingerprint density at radius 2 is 0.632 bits per heavy atom. The molecule has 0 rings (SSSR count). The number of hydrogen-bond acceptors (Lipinski definition) is 6. The first-order chi connectivity index (χ1) is 7.93. The van der Waals surface area contributed by atoms with E-state index in [1.807, 2.05) is 42.3 Å². The van der Waals surface area contributed by atoms with E-state index in [0.717, 1.165) is 0 Å². The standard InChI is InChI=1S/3C3H7NS2.Ni/c3*1-4(2)3(5)6;/h3*1-2H3,(H,5,6);/q;;;+3/p-3. The molecule has 3 nitrogen and oxygen atoms in total. The zero-order valence-electron chi connectivity index (χ0n) is 11.6. The Morgan fingerprint density at radius 1 is 0.579 bits per heavy atom. The maximum atomic E-state index is 4.56. The van der Waals surface area contributed by atoms with Crippen LogP contribution in [0.3, 0.4) is 0 Å². The molecule has 0 aliphatic heterocycles. The van der Waals surface area contributed by atoms with E-state index in [9.17, 15) is 0 Å². The minimum atomic E-state index is 0. The summed E-state index contributed by atoms with van der Waals surface area (Å²) >= 11 is 27.4. The van der Waals surface area contributed by atoms with Gasteiger partial charge in [0.1, 0.15) is 0 Å². The smallest absolute Gasteiger partial charge is 0.411 e. The van der Waals surface area contributed by atoms with E-state index in [4.69, 9.17) is 0 Å². The molecule has 0 spiro atoms. The second-order valence-electron chi connectivity index (χ2n) is 3.48. The third-order valence-corrected chi connectivity index (χ3v) is 3.29. The maximum Gasteiger partial charge on any atom is 3.00 e. The summed E-state index contributed by atoms with van der Waals surface area (Å²) in [5.74, 6) is 0. The van der Waals surface area contributed by atoms with E-state index in [2.05, 4.69) is 74.5 Å². The molecule has 0 atom stereocenters. The van der Waals surface area contributed by atoms with Crippen molar-refractivity contribution in [2.45, 2.75) is 0 Å². The van der Waals surface area contributed by atoms with Crippen molar-refractivity contribution >= 4 is 87.5 Å². The fourth-order valence-corrected chi connectivity index (χ4v) is 0. The summed E-state index contributed by atoms with van der Waals surface area (Å²) in [7, 11) is 11.0.